The third-order valence-corrected chi connectivity index (χ3v) is 7.25. The van der Waals surface area contributed by atoms with Crippen LogP contribution in [-0.2, 0) is 24.3 Å². The highest BCUT2D eigenvalue weighted by Gasteiger charge is 2.34. The molecular weight excluding hydrogens is 406 g/mol. The highest BCUT2D eigenvalue weighted by Crippen LogP contribution is 2.24. The van der Waals surface area contributed by atoms with Crippen molar-refractivity contribution < 1.29 is 22.7 Å². The van der Waals surface area contributed by atoms with Crippen LogP contribution in [0.25, 0.3) is 0 Å². The number of nitrogens with one attached hydrogen (secondary N) is 2. The highest BCUT2D eigenvalue weighted by molar-refractivity contribution is 7.89. The summed E-state index contributed by atoms with van der Waals surface area (Å²) in [6.45, 7) is 6.99. The number of hydrogen-bond donors (Lipinski definition) is 2. The van der Waals surface area contributed by atoms with Gasteiger partial charge < -0.3 is 15.4 Å². The van der Waals surface area contributed by atoms with Crippen LogP contribution in [0.1, 0.15) is 32.3 Å². The lowest BCUT2D eigenvalue weighted by Gasteiger charge is -2.32. The molecule has 1 aromatic carbocycles. The molecule has 0 unspecified atom stereocenters. The maximum atomic E-state index is 12.8. The summed E-state index contributed by atoms with van der Waals surface area (Å²) in [6, 6.07) is 6.13. The van der Waals surface area contributed by atoms with E-state index in [1.54, 1.807) is 31.4 Å². The van der Waals surface area contributed by atoms with Crippen LogP contribution >= 0.6 is 0 Å². The Morgan fingerprint density at radius 2 is 1.77 bits per heavy atom. The van der Waals surface area contributed by atoms with E-state index in [0.29, 0.717) is 26.0 Å². The molecule has 168 valence electrons. The minimum absolute atomic E-state index is 0.0708. The number of aryl methyl sites for hydroxylation is 1. The fourth-order valence-electron chi connectivity index (χ4n) is 3.41. The van der Waals surface area contributed by atoms with Crippen molar-refractivity contribution in [2.75, 3.05) is 33.4 Å². The second-order valence-electron chi connectivity index (χ2n) is 8.01. The van der Waals surface area contributed by atoms with Gasteiger partial charge in [0.1, 0.15) is 6.04 Å². The maximum absolute atomic E-state index is 12.8. The van der Waals surface area contributed by atoms with E-state index in [1.807, 2.05) is 20.8 Å². The number of carbonyl (C=O) groups is 2. The quantitative estimate of drug-likeness (QED) is 0.565. The number of amides is 2. The lowest BCUT2D eigenvalue weighted by molar-refractivity contribution is -0.132. The number of nitrogens with zero attached hydrogens (tertiary/aromatic N) is 1. The van der Waals surface area contributed by atoms with Crippen LogP contribution in [0.2, 0.25) is 0 Å². The SMILES string of the molecule is COCCNC(=O)[C@H](NC(=O)C1CCN(S(=O)(=O)c2ccc(C)cc2)CC1)C(C)C. The molecule has 9 heteroatoms. The standard InChI is InChI=1S/C21H33N3O5S/c1-15(2)19(21(26)22-11-14-29-4)23-20(25)17-9-12-24(13-10-17)30(27,28)18-7-5-16(3)6-8-18/h5-8,15,17,19H,9-14H2,1-4H3,(H,22,26)(H,23,25)/t19-/m1/s1. The first-order chi connectivity index (χ1) is 14.2. The van der Waals surface area contributed by atoms with Crippen LogP contribution in [0.3, 0.4) is 0 Å². The summed E-state index contributed by atoms with van der Waals surface area (Å²) in [4.78, 5) is 25.4. The lowest BCUT2D eigenvalue weighted by Crippen LogP contribution is -2.52. The molecule has 0 spiro atoms. The number of piperidine rings is 1. The van der Waals surface area contributed by atoms with Crippen molar-refractivity contribution in [2.45, 2.75) is 44.6 Å². The maximum Gasteiger partial charge on any atom is 0.243 e. The van der Waals surface area contributed by atoms with Gasteiger partial charge in [-0.3, -0.25) is 9.59 Å². The van der Waals surface area contributed by atoms with E-state index < -0.39 is 16.1 Å². The fraction of sp³-hybridized carbons (Fsp3) is 0.619. The van der Waals surface area contributed by atoms with Gasteiger partial charge in [-0.2, -0.15) is 4.31 Å². The van der Waals surface area contributed by atoms with Crippen molar-refractivity contribution in [3.8, 4) is 0 Å². The second kappa shape index (κ2) is 10.9. The van der Waals surface area contributed by atoms with Crippen molar-refractivity contribution in [3.63, 3.8) is 0 Å². The predicted molar refractivity (Wildman–Crippen MR) is 114 cm³/mol. The summed E-state index contributed by atoms with van der Waals surface area (Å²) >= 11 is 0. The molecular formula is C21H33N3O5S. The molecule has 8 nitrogen and oxygen atoms in total. The lowest BCUT2D eigenvalue weighted by atomic mass is 9.95. The molecule has 2 amide bonds. The molecule has 0 aromatic heterocycles. The zero-order chi connectivity index (χ0) is 22.3. The van der Waals surface area contributed by atoms with Crippen LogP contribution in [-0.4, -0.2) is 63.9 Å². The number of carbonyl (C=O) groups excluding carboxylic acids is 2. The van der Waals surface area contributed by atoms with Crippen molar-refractivity contribution in [1.82, 2.24) is 14.9 Å². The zero-order valence-corrected chi connectivity index (χ0v) is 19.0. The molecule has 2 N–H and O–H groups in total. The van der Waals surface area contributed by atoms with Crippen molar-refractivity contribution in [1.29, 1.82) is 0 Å². The molecule has 1 heterocycles. The highest BCUT2D eigenvalue weighted by atomic mass is 32.2. The van der Waals surface area contributed by atoms with E-state index >= 15 is 0 Å². The molecule has 1 aromatic rings. The Hall–Kier alpha value is -1.97. The number of rotatable bonds is 9. The summed E-state index contributed by atoms with van der Waals surface area (Å²) in [5.41, 5.74) is 0.996. The minimum atomic E-state index is -3.57. The Balaban J connectivity index is 1.94. The molecule has 30 heavy (non-hydrogen) atoms. The summed E-state index contributed by atoms with van der Waals surface area (Å²) in [5.74, 6) is -0.834. The summed E-state index contributed by atoms with van der Waals surface area (Å²) in [5, 5.41) is 5.60. The summed E-state index contributed by atoms with van der Waals surface area (Å²) in [7, 11) is -2.01. The topological polar surface area (TPSA) is 105 Å². The van der Waals surface area contributed by atoms with Gasteiger partial charge >= 0.3 is 0 Å². The second-order valence-corrected chi connectivity index (χ2v) is 9.94. The Morgan fingerprint density at radius 1 is 1.17 bits per heavy atom. The van der Waals surface area contributed by atoms with E-state index in [4.69, 9.17) is 4.74 Å². The first-order valence-corrected chi connectivity index (χ1v) is 11.7. The van der Waals surface area contributed by atoms with Gasteiger partial charge in [0.15, 0.2) is 0 Å². The molecule has 1 saturated heterocycles. The largest absolute Gasteiger partial charge is 0.383 e. The fourth-order valence-corrected chi connectivity index (χ4v) is 4.88. The molecule has 1 fully saturated rings. The zero-order valence-electron chi connectivity index (χ0n) is 18.2. The third kappa shape index (κ3) is 6.26. The Bertz CT molecular complexity index is 816. The van der Waals surface area contributed by atoms with Gasteiger partial charge in [-0.25, -0.2) is 8.42 Å². The minimum Gasteiger partial charge on any atom is -0.383 e. The van der Waals surface area contributed by atoms with Gasteiger partial charge in [-0.05, 0) is 37.8 Å². The third-order valence-electron chi connectivity index (χ3n) is 5.34. The number of methoxy groups -OCH3 is 1. The van der Waals surface area contributed by atoms with E-state index in [2.05, 4.69) is 10.6 Å². The van der Waals surface area contributed by atoms with Gasteiger partial charge in [0.25, 0.3) is 0 Å². The molecule has 1 aliphatic rings. The van der Waals surface area contributed by atoms with Gasteiger partial charge in [0, 0.05) is 32.7 Å². The van der Waals surface area contributed by atoms with E-state index in [0.717, 1.165) is 5.56 Å². The molecule has 0 saturated carbocycles. The first kappa shape index (κ1) is 24.3. The molecule has 0 bridgehead atoms. The average molecular weight is 440 g/mol. The molecule has 1 aliphatic heterocycles. The van der Waals surface area contributed by atoms with Crippen molar-refractivity contribution in [2.24, 2.45) is 11.8 Å². The van der Waals surface area contributed by atoms with Crippen LogP contribution in [0, 0.1) is 18.8 Å². The van der Waals surface area contributed by atoms with Gasteiger partial charge in [0.2, 0.25) is 21.8 Å². The van der Waals surface area contributed by atoms with E-state index in [9.17, 15) is 18.0 Å². The molecule has 0 radical (unpaired) electrons. The number of sulfonamides is 1. The van der Waals surface area contributed by atoms with E-state index in [1.165, 1.54) is 4.31 Å². The van der Waals surface area contributed by atoms with Crippen LogP contribution in [0.4, 0.5) is 0 Å². The number of ether oxygens (including phenoxy) is 1. The van der Waals surface area contributed by atoms with E-state index in [-0.39, 0.29) is 41.6 Å². The predicted octanol–water partition coefficient (Wildman–Crippen LogP) is 1.30. The smallest absolute Gasteiger partial charge is 0.243 e. The van der Waals surface area contributed by atoms with Crippen LogP contribution in [0.15, 0.2) is 29.2 Å². The molecule has 2 rings (SSSR count). The molecule has 0 aliphatic carbocycles. The summed E-state index contributed by atoms with van der Waals surface area (Å²) in [6.07, 6.45) is 0.847. The van der Waals surface area contributed by atoms with Crippen molar-refractivity contribution >= 4 is 21.8 Å². The monoisotopic (exact) mass is 439 g/mol. The average Bonchev–Trinajstić information content (AvgIpc) is 2.72. The Morgan fingerprint density at radius 3 is 2.30 bits per heavy atom. The molecule has 1 atom stereocenters. The normalized spacial score (nSPS) is 17.0. The van der Waals surface area contributed by atoms with Gasteiger partial charge in [-0.15, -0.1) is 0 Å². The summed E-state index contributed by atoms with van der Waals surface area (Å²) < 4.78 is 32.0. The number of benzene rings is 1. The Kier molecular flexibility index (Phi) is 8.81. The Labute approximate surface area is 179 Å². The van der Waals surface area contributed by atoms with Crippen LogP contribution in [0.5, 0.6) is 0 Å². The van der Waals surface area contributed by atoms with Crippen LogP contribution < -0.4 is 10.6 Å². The van der Waals surface area contributed by atoms with Gasteiger partial charge in [0.05, 0.1) is 11.5 Å². The first-order valence-electron chi connectivity index (χ1n) is 10.3. The number of hydrogen-bond acceptors (Lipinski definition) is 5. The van der Waals surface area contributed by atoms with Crippen molar-refractivity contribution in [3.05, 3.63) is 29.8 Å². The van der Waals surface area contributed by atoms with Gasteiger partial charge in [-0.1, -0.05) is 31.5 Å².